The van der Waals surface area contributed by atoms with Gasteiger partial charge in [0, 0.05) is 17.5 Å². The van der Waals surface area contributed by atoms with Crippen LogP contribution in [0, 0.1) is 0 Å². The second kappa shape index (κ2) is 6.74. The third-order valence-corrected chi connectivity index (χ3v) is 4.40. The lowest BCUT2D eigenvalue weighted by Gasteiger charge is -2.30. The molecule has 0 atom stereocenters. The van der Waals surface area contributed by atoms with E-state index in [4.69, 9.17) is 0 Å². The van der Waals surface area contributed by atoms with Gasteiger partial charge in [-0.1, -0.05) is 56.2 Å². The Balaban J connectivity index is 2.08. The SMILES string of the molecule is CC/C=C(/C)C(=O)NCC1(c2ccccc2)CCCC1. The van der Waals surface area contributed by atoms with Gasteiger partial charge in [-0.2, -0.15) is 0 Å². The van der Waals surface area contributed by atoms with Crippen LogP contribution in [-0.2, 0) is 10.2 Å². The largest absolute Gasteiger partial charge is 0.351 e. The zero-order chi connectivity index (χ0) is 14.4. The van der Waals surface area contributed by atoms with Crippen molar-refractivity contribution in [1.82, 2.24) is 5.32 Å². The molecule has 1 N–H and O–H groups in total. The Bertz CT molecular complexity index is 469. The van der Waals surface area contributed by atoms with E-state index in [1.54, 1.807) is 0 Å². The molecule has 0 saturated heterocycles. The summed E-state index contributed by atoms with van der Waals surface area (Å²) in [6, 6.07) is 10.6. The predicted molar refractivity (Wildman–Crippen MR) is 83.6 cm³/mol. The number of benzene rings is 1. The van der Waals surface area contributed by atoms with Crippen LogP contribution in [0.2, 0.25) is 0 Å². The summed E-state index contributed by atoms with van der Waals surface area (Å²) in [6.07, 6.45) is 7.76. The molecule has 1 aliphatic carbocycles. The molecular weight excluding hydrogens is 246 g/mol. The first-order valence-corrected chi connectivity index (χ1v) is 7.68. The van der Waals surface area contributed by atoms with E-state index in [9.17, 15) is 4.79 Å². The van der Waals surface area contributed by atoms with Gasteiger partial charge >= 0.3 is 0 Å². The van der Waals surface area contributed by atoms with Crippen molar-refractivity contribution in [3.63, 3.8) is 0 Å². The topological polar surface area (TPSA) is 29.1 Å². The van der Waals surface area contributed by atoms with Crippen LogP contribution in [-0.4, -0.2) is 12.5 Å². The summed E-state index contributed by atoms with van der Waals surface area (Å²) in [5.74, 6) is 0.0778. The second-order valence-electron chi connectivity index (χ2n) is 5.83. The summed E-state index contributed by atoms with van der Waals surface area (Å²) in [5, 5.41) is 3.14. The van der Waals surface area contributed by atoms with Gasteiger partial charge in [0.25, 0.3) is 0 Å². The molecule has 2 rings (SSSR count). The van der Waals surface area contributed by atoms with Gasteiger partial charge in [-0.15, -0.1) is 0 Å². The molecular formula is C18H25NO. The number of hydrogen-bond acceptors (Lipinski definition) is 1. The molecule has 2 nitrogen and oxygen atoms in total. The summed E-state index contributed by atoms with van der Waals surface area (Å²) < 4.78 is 0. The molecule has 1 aromatic carbocycles. The molecule has 0 aliphatic heterocycles. The van der Waals surface area contributed by atoms with Gasteiger partial charge in [-0.25, -0.2) is 0 Å². The Labute approximate surface area is 122 Å². The average Bonchev–Trinajstić information content (AvgIpc) is 2.96. The fourth-order valence-corrected chi connectivity index (χ4v) is 3.20. The maximum Gasteiger partial charge on any atom is 0.246 e. The molecule has 0 bridgehead atoms. The van der Waals surface area contributed by atoms with E-state index >= 15 is 0 Å². The van der Waals surface area contributed by atoms with E-state index in [1.807, 2.05) is 13.0 Å². The summed E-state index contributed by atoms with van der Waals surface area (Å²) in [6.45, 7) is 4.70. The van der Waals surface area contributed by atoms with Crippen LogP contribution >= 0.6 is 0 Å². The van der Waals surface area contributed by atoms with E-state index in [-0.39, 0.29) is 11.3 Å². The number of hydrogen-bond donors (Lipinski definition) is 1. The molecule has 1 amide bonds. The van der Waals surface area contributed by atoms with E-state index in [2.05, 4.69) is 42.6 Å². The van der Waals surface area contributed by atoms with Crippen LogP contribution in [0.1, 0.15) is 51.5 Å². The Morgan fingerprint density at radius 1 is 1.25 bits per heavy atom. The normalized spacial score (nSPS) is 18.0. The van der Waals surface area contributed by atoms with Crippen LogP contribution in [0.4, 0.5) is 0 Å². The Morgan fingerprint density at radius 2 is 1.90 bits per heavy atom. The standard InChI is InChI=1S/C18H25NO/c1-3-9-15(2)17(20)19-14-18(12-7-8-13-18)16-10-5-4-6-11-16/h4-6,9-11H,3,7-8,12-14H2,1-2H3,(H,19,20)/b15-9-. The summed E-state index contributed by atoms with van der Waals surface area (Å²) in [7, 11) is 0. The molecule has 0 heterocycles. The summed E-state index contributed by atoms with van der Waals surface area (Å²) in [4.78, 5) is 12.1. The van der Waals surface area contributed by atoms with Crippen LogP contribution in [0.25, 0.3) is 0 Å². The third kappa shape index (κ3) is 3.30. The van der Waals surface area contributed by atoms with E-state index in [0.29, 0.717) is 0 Å². The number of carbonyl (C=O) groups is 1. The zero-order valence-corrected chi connectivity index (χ0v) is 12.6. The highest BCUT2D eigenvalue weighted by Gasteiger charge is 2.35. The van der Waals surface area contributed by atoms with Gasteiger partial charge in [0.05, 0.1) is 0 Å². The van der Waals surface area contributed by atoms with Crippen LogP contribution in [0.5, 0.6) is 0 Å². The molecule has 1 saturated carbocycles. The lowest BCUT2D eigenvalue weighted by atomic mass is 9.79. The molecule has 0 radical (unpaired) electrons. The molecule has 1 fully saturated rings. The molecule has 0 unspecified atom stereocenters. The van der Waals surface area contributed by atoms with Crippen molar-refractivity contribution in [3.05, 3.63) is 47.5 Å². The molecule has 2 heteroatoms. The molecule has 1 aromatic rings. The van der Waals surface area contributed by atoms with Crippen LogP contribution in [0.15, 0.2) is 42.0 Å². The van der Waals surface area contributed by atoms with E-state index in [1.165, 1.54) is 31.2 Å². The number of allylic oxidation sites excluding steroid dienone is 1. The van der Waals surface area contributed by atoms with Gasteiger partial charge < -0.3 is 5.32 Å². The highest BCUT2D eigenvalue weighted by molar-refractivity contribution is 5.92. The van der Waals surface area contributed by atoms with Crippen molar-refractivity contribution < 1.29 is 4.79 Å². The van der Waals surface area contributed by atoms with Crippen molar-refractivity contribution in [1.29, 1.82) is 0 Å². The lowest BCUT2D eigenvalue weighted by molar-refractivity contribution is -0.117. The monoisotopic (exact) mass is 271 g/mol. The highest BCUT2D eigenvalue weighted by Crippen LogP contribution is 2.40. The summed E-state index contributed by atoms with van der Waals surface area (Å²) >= 11 is 0. The average molecular weight is 271 g/mol. The first-order valence-electron chi connectivity index (χ1n) is 7.68. The minimum absolute atomic E-state index is 0.0778. The van der Waals surface area contributed by atoms with Gasteiger partial charge in [0.2, 0.25) is 5.91 Å². The highest BCUT2D eigenvalue weighted by atomic mass is 16.1. The fraction of sp³-hybridized carbons (Fsp3) is 0.500. The minimum Gasteiger partial charge on any atom is -0.351 e. The maximum atomic E-state index is 12.1. The molecule has 0 spiro atoms. The van der Waals surface area contributed by atoms with Crippen molar-refractivity contribution in [2.45, 2.75) is 51.4 Å². The fourth-order valence-electron chi connectivity index (χ4n) is 3.20. The maximum absolute atomic E-state index is 12.1. The molecule has 20 heavy (non-hydrogen) atoms. The summed E-state index contributed by atoms with van der Waals surface area (Å²) in [5.41, 5.74) is 2.34. The Kier molecular flexibility index (Phi) is 4.99. The van der Waals surface area contributed by atoms with Gasteiger partial charge in [-0.05, 0) is 31.7 Å². The molecule has 1 aliphatic rings. The van der Waals surface area contributed by atoms with Gasteiger partial charge in [0.1, 0.15) is 0 Å². The number of amides is 1. The predicted octanol–water partition coefficient (Wildman–Crippen LogP) is 3.97. The van der Waals surface area contributed by atoms with Crippen molar-refractivity contribution in [3.8, 4) is 0 Å². The molecule has 108 valence electrons. The van der Waals surface area contributed by atoms with Crippen molar-refractivity contribution in [2.75, 3.05) is 6.54 Å². The van der Waals surface area contributed by atoms with Crippen molar-refractivity contribution >= 4 is 5.91 Å². The lowest BCUT2D eigenvalue weighted by Crippen LogP contribution is -2.39. The Hall–Kier alpha value is -1.57. The Morgan fingerprint density at radius 3 is 2.50 bits per heavy atom. The van der Waals surface area contributed by atoms with E-state index in [0.717, 1.165) is 18.5 Å². The van der Waals surface area contributed by atoms with Gasteiger partial charge in [-0.3, -0.25) is 4.79 Å². The van der Waals surface area contributed by atoms with Crippen molar-refractivity contribution in [2.24, 2.45) is 0 Å². The van der Waals surface area contributed by atoms with Gasteiger partial charge in [0.15, 0.2) is 0 Å². The smallest absolute Gasteiger partial charge is 0.246 e. The second-order valence-corrected chi connectivity index (χ2v) is 5.83. The first-order chi connectivity index (χ1) is 9.68. The minimum atomic E-state index is 0.0778. The first kappa shape index (κ1) is 14.8. The molecule has 0 aromatic heterocycles. The van der Waals surface area contributed by atoms with E-state index < -0.39 is 0 Å². The quantitative estimate of drug-likeness (QED) is 0.807. The zero-order valence-electron chi connectivity index (χ0n) is 12.6. The van der Waals surface area contributed by atoms with Crippen LogP contribution < -0.4 is 5.32 Å². The number of nitrogens with one attached hydrogen (secondary N) is 1. The van der Waals surface area contributed by atoms with Crippen LogP contribution in [0.3, 0.4) is 0 Å². The third-order valence-electron chi connectivity index (χ3n) is 4.40. The number of rotatable bonds is 5. The number of carbonyl (C=O) groups excluding carboxylic acids is 1.